The highest BCUT2D eigenvalue weighted by atomic mass is 35.5. The molecule has 1 aromatic carbocycles. The third-order valence-electron chi connectivity index (χ3n) is 6.07. The first kappa shape index (κ1) is 16.0. The van der Waals surface area contributed by atoms with Gasteiger partial charge in [-0.3, -0.25) is 4.79 Å². The zero-order chi connectivity index (χ0) is 17.0. The molecule has 0 bridgehead atoms. The Labute approximate surface area is 146 Å². The van der Waals surface area contributed by atoms with Crippen molar-refractivity contribution in [3.63, 3.8) is 0 Å². The monoisotopic (exact) mass is 346 g/mol. The van der Waals surface area contributed by atoms with Crippen LogP contribution < -0.4 is 0 Å². The van der Waals surface area contributed by atoms with Crippen LogP contribution in [0.3, 0.4) is 0 Å². The number of benzene rings is 1. The number of aryl methyl sites for hydroxylation is 1. The smallest absolute Gasteiger partial charge is 0.270 e. The number of aliphatic hydroxyl groups is 1. The van der Waals surface area contributed by atoms with Gasteiger partial charge in [0, 0.05) is 29.0 Å². The molecule has 2 N–H and O–H groups in total. The standard InChI is InChI=1S/C19H23ClN2O2/c1-10-16-9-13(20)3-4-17(16)21-18(10)19(24)22(2)14-5-11-7-15(23)8-12(11)6-14/h3-4,9,11-12,14-15,21,23H,5-8H2,1-2H3/t11-,12+,14?,15?. The average Bonchev–Trinajstić information content (AvgIpc) is 3.17. The lowest BCUT2D eigenvalue weighted by Crippen LogP contribution is -2.36. The molecule has 4 atom stereocenters. The lowest BCUT2D eigenvalue weighted by Gasteiger charge is -2.25. The van der Waals surface area contributed by atoms with Crippen LogP contribution in [0.2, 0.25) is 5.02 Å². The highest BCUT2D eigenvalue weighted by Gasteiger charge is 2.43. The van der Waals surface area contributed by atoms with Crippen LogP contribution >= 0.6 is 11.6 Å². The molecule has 0 aliphatic heterocycles. The van der Waals surface area contributed by atoms with Crippen molar-refractivity contribution >= 4 is 28.4 Å². The van der Waals surface area contributed by atoms with E-state index in [0.29, 0.717) is 22.6 Å². The summed E-state index contributed by atoms with van der Waals surface area (Å²) in [7, 11) is 1.91. The summed E-state index contributed by atoms with van der Waals surface area (Å²) >= 11 is 6.08. The molecular weight excluding hydrogens is 324 g/mol. The molecule has 1 amide bonds. The fraction of sp³-hybridized carbons (Fsp3) is 0.526. The van der Waals surface area contributed by atoms with E-state index < -0.39 is 0 Å². The van der Waals surface area contributed by atoms with Gasteiger partial charge in [-0.25, -0.2) is 0 Å². The van der Waals surface area contributed by atoms with Crippen molar-refractivity contribution in [3.05, 3.63) is 34.5 Å². The van der Waals surface area contributed by atoms with Gasteiger partial charge in [-0.2, -0.15) is 0 Å². The Balaban J connectivity index is 1.57. The minimum absolute atomic E-state index is 0.0466. The van der Waals surface area contributed by atoms with Gasteiger partial charge < -0.3 is 15.0 Å². The molecule has 4 nitrogen and oxygen atoms in total. The molecule has 4 rings (SSSR count). The van der Waals surface area contributed by atoms with Gasteiger partial charge in [0.1, 0.15) is 5.69 Å². The molecule has 2 saturated carbocycles. The lowest BCUT2D eigenvalue weighted by molar-refractivity contribution is 0.0716. The number of halogens is 1. The molecule has 5 heteroatoms. The zero-order valence-corrected chi connectivity index (χ0v) is 14.8. The highest BCUT2D eigenvalue weighted by molar-refractivity contribution is 6.31. The average molecular weight is 347 g/mol. The Bertz CT molecular complexity index is 786. The number of aromatic nitrogens is 1. The molecule has 0 saturated heterocycles. The molecule has 2 aliphatic carbocycles. The van der Waals surface area contributed by atoms with Crippen molar-refractivity contribution in [2.24, 2.45) is 11.8 Å². The van der Waals surface area contributed by atoms with Crippen LogP contribution in [0.25, 0.3) is 10.9 Å². The summed E-state index contributed by atoms with van der Waals surface area (Å²) in [5.74, 6) is 1.19. The maximum absolute atomic E-state index is 13.0. The molecule has 128 valence electrons. The van der Waals surface area contributed by atoms with Crippen molar-refractivity contribution in [2.45, 2.75) is 44.8 Å². The van der Waals surface area contributed by atoms with E-state index in [-0.39, 0.29) is 18.1 Å². The molecule has 2 aliphatic rings. The van der Waals surface area contributed by atoms with E-state index in [1.165, 1.54) is 0 Å². The van der Waals surface area contributed by atoms with E-state index in [4.69, 9.17) is 11.6 Å². The van der Waals surface area contributed by atoms with E-state index in [1.807, 2.05) is 37.1 Å². The number of amides is 1. The normalized spacial score (nSPS) is 29.2. The molecular formula is C19H23ClN2O2. The van der Waals surface area contributed by atoms with Crippen molar-refractivity contribution in [2.75, 3.05) is 7.05 Å². The van der Waals surface area contributed by atoms with Gasteiger partial charge in [-0.1, -0.05) is 11.6 Å². The van der Waals surface area contributed by atoms with Crippen LogP contribution in [0.4, 0.5) is 0 Å². The summed E-state index contributed by atoms with van der Waals surface area (Å²) in [4.78, 5) is 18.2. The van der Waals surface area contributed by atoms with Gasteiger partial charge in [-0.15, -0.1) is 0 Å². The Hall–Kier alpha value is -1.52. The predicted molar refractivity (Wildman–Crippen MR) is 95.4 cm³/mol. The van der Waals surface area contributed by atoms with Gasteiger partial charge in [-0.05, 0) is 68.2 Å². The van der Waals surface area contributed by atoms with Crippen LogP contribution in [0.5, 0.6) is 0 Å². The predicted octanol–water partition coefficient (Wildman–Crippen LogP) is 3.75. The fourth-order valence-electron chi connectivity index (χ4n) is 4.72. The molecule has 0 spiro atoms. The van der Waals surface area contributed by atoms with Crippen LogP contribution in [0.15, 0.2) is 18.2 Å². The van der Waals surface area contributed by atoms with Gasteiger partial charge in [0.05, 0.1) is 6.10 Å². The summed E-state index contributed by atoms with van der Waals surface area (Å²) in [6.07, 6.45) is 3.67. The Morgan fingerprint density at radius 2 is 1.92 bits per heavy atom. The summed E-state index contributed by atoms with van der Waals surface area (Å²) in [6, 6.07) is 5.93. The quantitative estimate of drug-likeness (QED) is 0.870. The maximum atomic E-state index is 13.0. The Kier molecular flexibility index (Phi) is 3.85. The zero-order valence-electron chi connectivity index (χ0n) is 14.1. The SMILES string of the molecule is Cc1c(C(=O)N(C)C2C[C@H]3CC(O)C[C@H]3C2)[nH]c2ccc(Cl)cc12. The third kappa shape index (κ3) is 2.52. The number of hydrogen-bond acceptors (Lipinski definition) is 2. The number of carbonyl (C=O) groups is 1. The molecule has 24 heavy (non-hydrogen) atoms. The number of carbonyl (C=O) groups excluding carboxylic acids is 1. The molecule has 0 radical (unpaired) electrons. The van der Waals surface area contributed by atoms with Crippen LogP contribution in [0, 0.1) is 18.8 Å². The highest BCUT2D eigenvalue weighted by Crippen LogP contribution is 2.45. The fourth-order valence-corrected chi connectivity index (χ4v) is 4.90. The van der Waals surface area contributed by atoms with Crippen LogP contribution in [0.1, 0.15) is 41.7 Å². The summed E-state index contributed by atoms with van der Waals surface area (Å²) < 4.78 is 0. The molecule has 1 aromatic heterocycles. The second-order valence-corrected chi connectivity index (χ2v) is 7.94. The van der Waals surface area contributed by atoms with E-state index in [2.05, 4.69) is 4.98 Å². The number of nitrogens with zero attached hydrogens (tertiary/aromatic N) is 1. The molecule has 1 heterocycles. The van der Waals surface area contributed by atoms with E-state index in [9.17, 15) is 9.90 Å². The number of hydrogen-bond donors (Lipinski definition) is 2. The van der Waals surface area contributed by atoms with Crippen molar-refractivity contribution < 1.29 is 9.90 Å². The summed E-state index contributed by atoms with van der Waals surface area (Å²) in [6.45, 7) is 1.97. The Morgan fingerprint density at radius 1 is 1.25 bits per heavy atom. The van der Waals surface area contributed by atoms with Gasteiger partial charge in [0.25, 0.3) is 5.91 Å². The number of aliphatic hydroxyl groups excluding tert-OH is 1. The second kappa shape index (κ2) is 5.78. The first-order valence-electron chi connectivity index (χ1n) is 8.67. The van der Waals surface area contributed by atoms with Crippen molar-refractivity contribution in [1.82, 2.24) is 9.88 Å². The number of nitrogens with one attached hydrogen (secondary N) is 1. The van der Waals surface area contributed by atoms with Crippen LogP contribution in [-0.2, 0) is 0 Å². The van der Waals surface area contributed by atoms with Gasteiger partial charge in [0.2, 0.25) is 0 Å². The van der Waals surface area contributed by atoms with Gasteiger partial charge in [0.15, 0.2) is 0 Å². The number of aromatic amines is 1. The van der Waals surface area contributed by atoms with E-state index in [1.54, 1.807) is 0 Å². The van der Waals surface area contributed by atoms with E-state index in [0.717, 1.165) is 42.1 Å². The first-order valence-corrected chi connectivity index (χ1v) is 9.05. The molecule has 2 aromatic rings. The second-order valence-electron chi connectivity index (χ2n) is 7.50. The van der Waals surface area contributed by atoms with Crippen LogP contribution in [-0.4, -0.2) is 40.1 Å². The Morgan fingerprint density at radius 3 is 2.58 bits per heavy atom. The first-order chi connectivity index (χ1) is 11.4. The topological polar surface area (TPSA) is 56.3 Å². The minimum Gasteiger partial charge on any atom is -0.393 e. The largest absolute Gasteiger partial charge is 0.393 e. The van der Waals surface area contributed by atoms with E-state index >= 15 is 0 Å². The summed E-state index contributed by atoms with van der Waals surface area (Å²) in [5, 5.41) is 11.5. The van der Waals surface area contributed by atoms with Crippen molar-refractivity contribution in [3.8, 4) is 0 Å². The summed E-state index contributed by atoms with van der Waals surface area (Å²) in [5.41, 5.74) is 2.56. The minimum atomic E-state index is -0.136. The number of rotatable bonds is 2. The molecule has 2 fully saturated rings. The number of fused-ring (bicyclic) bond motifs is 2. The van der Waals surface area contributed by atoms with Crippen molar-refractivity contribution in [1.29, 1.82) is 0 Å². The lowest BCUT2D eigenvalue weighted by atomic mass is 10.0. The molecule has 2 unspecified atom stereocenters. The van der Waals surface area contributed by atoms with Gasteiger partial charge >= 0.3 is 0 Å². The number of H-pyrrole nitrogens is 1. The third-order valence-corrected chi connectivity index (χ3v) is 6.30. The maximum Gasteiger partial charge on any atom is 0.270 e.